The van der Waals surface area contributed by atoms with Crippen LogP contribution in [0.3, 0.4) is 0 Å². The van der Waals surface area contributed by atoms with Crippen LogP contribution in [0, 0.1) is 6.92 Å². The predicted octanol–water partition coefficient (Wildman–Crippen LogP) is 3.71. The van der Waals surface area contributed by atoms with Gasteiger partial charge < -0.3 is 5.32 Å². The molecule has 2 rings (SSSR count). The fraction of sp³-hybridized carbons (Fsp3) is 0.381. The van der Waals surface area contributed by atoms with Gasteiger partial charge in [0.2, 0.25) is 15.9 Å². The highest BCUT2D eigenvalue weighted by Crippen LogP contribution is 2.20. The number of carbonyl (C=O) groups is 1. The molecule has 2 aromatic carbocycles. The quantitative estimate of drug-likeness (QED) is 0.609. The first kappa shape index (κ1) is 21.1. The third kappa shape index (κ3) is 6.81. The molecule has 5 nitrogen and oxygen atoms in total. The molecular weight excluding hydrogens is 360 g/mol. The molecule has 0 radical (unpaired) electrons. The van der Waals surface area contributed by atoms with Crippen molar-refractivity contribution in [2.45, 2.75) is 50.5 Å². The van der Waals surface area contributed by atoms with Crippen LogP contribution in [0.2, 0.25) is 0 Å². The smallest absolute Gasteiger partial charge is 0.241 e. The maximum atomic E-state index is 12.8. The van der Waals surface area contributed by atoms with Crippen molar-refractivity contribution in [3.05, 3.63) is 65.7 Å². The first-order valence-electron chi connectivity index (χ1n) is 9.33. The summed E-state index contributed by atoms with van der Waals surface area (Å²) in [5.74, 6) is -0.161. The van der Waals surface area contributed by atoms with E-state index in [4.69, 9.17) is 0 Å². The number of benzene rings is 2. The molecule has 0 spiro atoms. The molecule has 0 saturated carbocycles. The van der Waals surface area contributed by atoms with Crippen molar-refractivity contribution >= 4 is 15.9 Å². The van der Waals surface area contributed by atoms with Gasteiger partial charge in [-0.15, -0.1) is 0 Å². The lowest BCUT2D eigenvalue weighted by molar-refractivity contribution is -0.121. The average Bonchev–Trinajstić information content (AvgIpc) is 2.65. The van der Waals surface area contributed by atoms with Crippen LogP contribution in [0.25, 0.3) is 0 Å². The first-order valence-corrected chi connectivity index (χ1v) is 10.8. The van der Waals surface area contributed by atoms with Crippen molar-refractivity contribution in [3.63, 3.8) is 0 Å². The van der Waals surface area contributed by atoms with Gasteiger partial charge >= 0.3 is 0 Å². The van der Waals surface area contributed by atoms with Crippen LogP contribution < -0.4 is 10.0 Å². The fourth-order valence-corrected chi connectivity index (χ4v) is 3.97. The molecule has 0 saturated heterocycles. The van der Waals surface area contributed by atoms with Crippen molar-refractivity contribution in [1.82, 2.24) is 10.0 Å². The summed E-state index contributed by atoms with van der Waals surface area (Å²) >= 11 is 0. The molecule has 0 aromatic heterocycles. The monoisotopic (exact) mass is 388 g/mol. The van der Waals surface area contributed by atoms with Gasteiger partial charge in [-0.25, -0.2) is 13.1 Å². The second kappa shape index (κ2) is 10.2. The maximum absolute atomic E-state index is 12.8. The second-order valence-electron chi connectivity index (χ2n) is 6.66. The Morgan fingerprint density at radius 2 is 1.67 bits per heavy atom. The Bertz CT molecular complexity index is 818. The number of unbranched alkanes of at least 4 members (excludes halogenated alkanes) is 2. The number of sulfonamides is 1. The van der Waals surface area contributed by atoms with E-state index < -0.39 is 16.1 Å². The van der Waals surface area contributed by atoms with Gasteiger partial charge in [-0.2, -0.15) is 0 Å². The van der Waals surface area contributed by atoms with Crippen LogP contribution in [0.15, 0.2) is 59.5 Å². The van der Waals surface area contributed by atoms with E-state index in [1.54, 1.807) is 24.3 Å². The van der Waals surface area contributed by atoms with E-state index in [0.717, 1.165) is 30.4 Å². The number of carbonyl (C=O) groups excluding carboxylic acids is 1. The van der Waals surface area contributed by atoms with Crippen molar-refractivity contribution in [3.8, 4) is 0 Å². The molecule has 1 atom stereocenters. The molecule has 6 heteroatoms. The van der Waals surface area contributed by atoms with Crippen molar-refractivity contribution < 1.29 is 13.2 Å². The summed E-state index contributed by atoms with van der Waals surface area (Å²) in [5, 5.41) is 2.88. The standard InChI is InChI=1S/C21H28N2O3S/c1-3-4-8-15-22-21(24)16-20(18-9-6-5-7-10-18)23-27(25,26)19-13-11-17(2)12-14-19/h5-7,9-14,20,23H,3-4,8,15-16H2,1-2H3,(H,22,24)/t20-/m0/s1. The fourth-order valence-electron chi connectivity index (χ4n) is 2.75. The van der Waals surface area contributed by atoms with E-state index in [-0.39, 0.29) is 17.2 Å². The summed E-state index contributed by atoms with van der Waals surface area (Å²) < 4.78 is 28.2. The lowest BCUT2D eigenvalue weighted by Crippen LogP contribution is -2.34. The first-order chi connectivity index (χ1) is 12.9. The van der Waals surface area contributed by atoms with Crippen LogP contribution in [-0.4, -0.2) is 20.9 Å². The minimum Gasteiger partial charge on any atom is -0.356 e. The van der Waals surface area contributed by atoms with Crippen LogP contribution in [0.5, 0.6) is 0 Å². The zero-order valence-electron chi connectivity index (χ0n) is 15.9. The summed E-state index contributed by atoms with van der Waals surface area (Å²) in [4.78, 5) is 12.5. The van der Waals surface area contributed by atoms with Gasteiger partial charge in [0.25, 0.3) is 0 Å². The van der Waals surface area contributed by atoms with Gasteiger partial charge in [0.1, 0.15) is 0 Å². The molecule has 0 aliphatic carbocycles. The van der Waals surface area contributed by atoms with E-state index in [0.29, 0.717) is 6.54 Å². The molecule has 0 heterocycles. The molecule has 0 fully saturated rings. The molecule has 0 aliphatic heterocycles. The highest BCUT2D eigenvalue weighted by molar-refractivity contribution is 7.89. The normalized spacial score (nSPS) is 12.5. The molecule has 146 valence electrons. The Morgan fingerprint density at radius 1 is 1.00 bits per heavy atom. The zero-order chi connectivity index (χ0) is 19.7. The van der Waals surface area contributed by atoms with Gasteiger partial charge in [0, 0.05) is 13.0 Å². The maximum Gasteiger partial charge on any atom is 0.241 e. The third-order valence-electron chi connectivity index (χ3n) is 4.32. The Balaban J connectivity index is 2.13. The Hall–Kier alpha value is -2.18. The topological polar surface area (TPSA) is 75.3 Å². The largest absolute Gasteiger partial charge is 0.356 e. The Morgan fingerprint density at radius 3 is 2.30 bits per heavy atom. The van der Waals surface area contributed by atoms with Crippen LogP contribution in [-0.2, 0) is 14.8 Å². The van der Waals surface area contributed by atoms with Gasteiger partial charge in [-0.05, 0) is 31.0 Å². The Kier molecular flexibility index (Phi) is 8.00. The summed E-state index contributed by atoms with van der Waals surface area (Å²) in [6, 6.07) is 15.2. The number of hydrogen-bond acceptors (Lipinski definition) is 3. The minimum absolute atomic E-state index is 0.0568. The van der Waals surface area contributed by atoms with Crippen LogP contribution in [0.1, 0.15) is 49.8 Å². The van der Waals surface area contributed by atoms with E-state index >= 15 is 0 Å². The van der Waals surface area contributed by atoms with E-state index in [1.165, 1.54) is 0 Å². The van der Waals surface area contributed by atoms with E-state index in [9.17, 15) is 13.2 Å². The number of hydrogen-bond donors (Lipinski definition) is 2. The van der Waals surface area contributed by atoms with Crippen molar-refractivity contribution in [2.75, 3.05) is 6.54 Å². The number of rotatable bonds is 10. The molecule has 0 aliphatic rings. The molecule has 0 unspecified atom stereocenters. The summed E-state index contributed by atoms with van der Waals surface area (Å²) in [6.45, 7) is 4.62. The average molecular weight is 389 g/mol. The lowest BCUT2D eigenvalue weighted by Gasteiger charge is -2.19. The molecule has 0 bridgehead atoms. The van der Waals surface area contributed by atoms with E-state index in [2.05, 4.69) is 17.0 Å². The SMILES string of the molecule is CCCCCNC(=O)C[C@H](NS(=O)(=O)c1ccc(C)cc1)c1ccccc1. The van der Waals surface area contributed by atoms with Crippen LogP contribution in [0.4, 0.5) is 0 Å². The van der Waals surface area contributed by atoms with Crippen molar-refractivity contribution in [1.29, 1.82) is 0 Å². The third-order valence-corrected chi connectivity index (χ3v) is 5.81. The molecular formula is C21H28N2O3S. The molecule has 2 N–H and O–H groups in total. The highest BCUT2D eigenvalue weighted by Gasteiger charge is 2.23. The number of nitrogens with one attached hydrogen (secondary N) is 2. The van der Waals surface area contributed by atoms with E-state index in [1.807, 2.05) is 37.3 Å². The summed E-state index contributed by atoms with van der Waals surface area (Å²) in [6.07, 6.45) is 3.12. The predicted molar refractivity (Wildman–Crippen MR) is 108 cm³/mol. The second-order valence-corrected chi connectivity index (χ2v) is 8.37. The summed E-state index contributed by atoms with van der Waals surface area (Å²) in [7, 11) is -3.73. The Labute approximate surface area is 162 Å². The van der Waals surface area contributed by atoms with Gasteiger partial charge in [0.05, 0.1) is 10.9 Å². The minimum atomic E-state index is -3.73. The molecule has 27 heavy (non-hydrogen) atoms. The highest BCUT2D eigenvalue weighted by atomic mass is 32.2. The van der Waals surface area contributed by atoms with Gasteiger partial charge in [0.15, 0.2) is 0 Å². The summed E-state index contributed by atoms with van der Waals surface area (Å²) in [5.41, 5.74) is 1.75. The lowest BCUT2D eigenvalue weighted by atomic mass is 10.0. The molecule has 2 aromatic rings. The van der Waals surface area contributed by atoms with Crippen LogP contribution >= 0.6 is 0 Å². The van der Waals surface area contributed by atoms with Gasteiger partial charge in [-0.1, -0.05) is 67.8 Å². The van der Waals surface area contributed by atoms with Crippen molar-refractivity contribution in [2.24, 2.45) is 0 Å². The molecule has 1 amide bonds. The number of amides is 1. The zero-order valence-corrected chi connectivity index (χ0v) is 16.8. The number of aryl methyl sites for hydroxylation is 1. The van der Waals surface area contributed by atoms with Gasteiger partial charge in [-0.3, -0.25) is 4.79 Å².